The van der Waals surface area contributed by atoms with Crippen LogP contribution in [0.2, 0.25) is 0 Å². The molecule has 0 saturated heterocycles. The summed E-state index contributed by atoms with van der Waals surface area (Å²) in [7, 11) is 0. The monoisotopic (exact) mass is 311 g/mol. The molecule has 0 aliphatic rings. The van der Waals surface area contributed by atoms with E-state index in [1.165, 1.54) is 0 Å². The Labute approximate surface area is 136 Å². The second-order valence-electron chi connectivity index (χ2n) is 6.48. The maximum atomic E-state index is 12.2. The van der Waals surface area contributed by atoms with E-state index < -0.39 is 5.41 Å². The van der Waals surface area contributed by atoms with Crippen LogP contribution >= 0.6 is 0 Å². The molecule has 0 radical (unpaired) electrons. The van der Waals surface area contributed by atoms with Crippen molar-refractivity contribution < 1.29 is 14.3 Å². The first kappa shape index (κ1) is 16.7. The number of esters is 1. The van der Waals surface area contributed by atoms with E-state index in [0.29, 0.717) is 11.3 Å². The largest absolute Gasteiger partial charge is 0.426 e. The second kappa shape index (κ2) is 6.65. The van der Waals surface area contributed by atoms with Gasteiger partial charge < -0.3 is 10.1 Å². The van der Waals surface area contributed by atoms with Crippen LogP contribution in [-0.4, -0.2) is 11.9 Å². The predicted octanol–water partition coefficient (Wildman–Crippen LogP) is 4.20. The quantitative estimate of drug-likeness (QED) is 0.683. The smallest absolute Gasteiger partial charge is 0.316 e. The van der Waals surface area contributed by atoms with Crippen molar-refractivity contribution in [2.75, 3.05) is 5.32 Å². The van der Waals surface area contributed by atoms with Gasteiger partial charge in [-0.25, -0.2) is 0 Å². The second-order valence-corrected chi connectivity index (χ2v) is 6.48. The van der Waals surface area contributed by atoms with Gasteiger partial charge in [-0.3, -0.25) is 9.59 Å². The minimum absolute atomic E-state index is 0.206. The highest BCUT2D eigenvalue weighted by Crippen LogP contribution is 2.20. The first-order valence-corrected chi connectivity index (χ1v) is 7.46. The van der Waals surface area contributed by atoms with Gasteiger partial charge in [0.2, 0.25) is 0 Å². The van der Waals surface area contributed by atoms with Crippen LogP contribution in [0.3, 0.4) is 0 Å². The van der Waals surface area contributed by atoms with Gasteiger partial charge in [0.15, 0.2) is 0 Å². The van der Waals surface area contributed by atoms with Crippen LogP contribution in [0.1, 0.15) is 36.7 Å². The molecule has 120 valence electrons. The summed E-state index contributed by atoms with van der Waals surface area (Å²) in [5.41, 5.74) is 1.81. The SMILES string of the molecule is Cc1ccc(NC(=O)c2ccc(OC(=O)C(C)(C)C)cc2)cc1. The average molecular weight is 311 g/mol. The van der Waals surface area contributed by atoms with Crippen molar-refractivity contribution in [3.8, 4) is 5.75 Å². The van der Waals surface area contributed by atoms with Gasteiger partial charge in [-0.05, 0) is 64.1 Å². The zero-order chi connectivity index (χ0) is 17.0. The lowest BCUT2D eigenvalue weighted by Gasteiger charge is -2.16. The van der Waals surface area contributed by atoms with Crippen molar-refractivity contribution in [3.05, 3.63) is 59.7 Å². The Morgan fingerprint density at radius 2 is 1.48 bits per heavy atom. The zero-order valence-corrected chi connectivity index (χ0v) is 13.8. The van der Waals surface area contributed by atoms with E-state index in [0.717, 1.165) is 11.3 Å². The number of carbonyl (C=O) groups excluding carboxylic acids is 2. The maximum absolute atomic E-state index is 12.2. The number of anilines is 1. The fourth-order valence-electron chi connectivity index (χ4n) is 1.77. The van der Waals surface area contributed by atoms with E-state index in [1.807, 2.05) is 31.2 Å². The van der Waals surface area contributed by atoms with Crippen molar-refractivity contribution in [3.63, 3.8) is 0 Å². The van der Waals surface area contributed by atoms with Crippen molar-refractivity contribution in [2.45, 2.75) is 27.7 Å². The zero-order valence-electron chi connectivity index (χ0n) is 13.8. The molecule has 1 amide bonds. The van der Waals surface area contributed by atoms with Gasteiger partial charge in [0.25, 0.3) is 5.91 Å². The van der Waals surface area contributed by atoms with E-state index in [4.69, 9.17) is 4.74 Å². The van der Waals surface area contributed by atoms with Crippen molar-refractivity contribution >= 4 is 17.6 Å². The highest BCUT2D eigenvalue weighted by atomic mass is 16.5. The Hall–Kier alpha value is -2.62. The normalized spacial score (nSPS) is 11.0. The lowest BCUT2D eigenvalue weighted by atomic mass is 9.97. The van der Waals surface area contributed by atoms with Crippen LogP contribution in [0.4, 0.5) is 5.69 Å². The number of aryl methyl sites for hydroxylation is 1. The molecule has 1 N–H and O–H groups in total. The standard InChI is InChI=1S/C19H21NO3/c1-13-5-9-15(10-6-13)20-17(21)14-7-11-16(12-8-14)23-18(22)19(2,3)4/h5-12H,1-4H3,(H,20,21). The molecule has 2 aromatic rings. The number of hydrogen-bond acceptors (Lipinski definition) is 3. The molecule has 4 nitrogen and oxygen atoms in total. The first-order chi connectivity index (χ1) is 10.8. The van der Waals surface area contributed by atoms with Gasteiger partial charge in [-0.1, -0.05) is 17.7 Å². The van der Waals surface area contributed by atoms with Gasteiger partial charge >= 0.3 is 5.97 Å². The number of benzene rings is 2. The van der Waals surface area contributed by atoms with Gasteiger partial charge in [-0.15, -0.1) is 0 Å². The minimum Gasteiger partial charge on any atom is -0.426 e. The predicted molar refractivity (Wildman–Crippen MR) is 90.7 cm³/mol. The van der Waals surface area contributed by atoms with Gasteiger partial charge in [0.1, 0.15) is 5.75 Å². The molecule has 0 atom stereocenters. The van der Waals surface area contributed by atoms with Crippen LogP contribution in [-0.2, 0) is 4.79 Å². The molecule has 4 heteroatoms. The van der Waals surface area contributed by atoms with Crippen LogP contribution in [0.5, 0.6) is 5.75 Å². The summed E-state index contributed by atoms with van der Waals surface area (Å²) in [5, 5.41) is 2.82. The molecule has 2 rings (SSSR count). The molecular weight excluding hydrogens is 290 g/mol. The van der Waals surface area contributed by atoms with E-state index in [1.54, 1.807) is 45.0 Å². The Bertz CT molecular complexity index is 695. The molecule has 0 saturated carbocycles. The molecular formula is C19H21NO3. The van der Waals surface area contributed by atoms with E-state index in [9.17, 15) is 9.59 Å². The van der Waals surface area contributed by atoms with Crippen molar-refractivity contribution in [2.24, 2.45) is 5.41 Å². The lowest BCUT2D eigenvalue weighted by molar-refractivity contribution is -0.142. The summed E-state index contributed by atoms with van der Waals surface area (Å²) in [5.74, 6) is -0.0891. The molecule has 0 bridgehead atoms. The Balaban J connectivity index is 2.02. The third-order valence-electron chi connectivity index (χ3n) is 3.25. The van der Waals surface area contributed by atoms with Gasteiger partial charge in [0.05, 0.1) is 5.41 Å². The third-order valence-corrected chi connectivity index (χ3v) is 3.25. The number of rotatable bonds is 3. The number of nitrogens with one attached hydrogen (secondary N) is 1. The molecule has 0 aliphatic heterocycles. The molecule has 0 spiro atoms. The van der Waals surface area contributed by atoms with Crippen molar-refractivity contribution in [1.29, 1.82) is 0 Å². The molecule has 0 heterocycles. The Kier molecular flexibility index (Phi) is 4.84. The first-order valence-electron chi connectivity index (χ1n) is 7.46. The number of amides is 1. The molecule has 0 aliphatic carbocycles. The van der Waals surface area contributed by atoms with Crippen LogP contribution < -0.4 is 10.1 Å². The van der Waals surface area contributed by atoms with Crippen LogP contribution in [0, 0.1) is 12.3 Å². The summed E-state index contributed by atoms with van der Waals surface area (Å²) in [6, 6.07) is 14.1. The fourth-order valence-corrected chi connectivity index (χ4v) is 1.77. The van der Waals surface area contributed by atoms with Crippen LogP contribution in [0.25, 0.3) is 0 Å². The Morgan fingerprint density at radius 1 is 0.913 bits per heavy atom. The van der Waals surface area contributed by atoms with Crippen molar-refractivity contribution in [1.82, 2.24) is 0 Å². The summed E-state index contributed by atoms with van der Waals surface area (Å²) in [6.45, 7) is 7.36. The average Bonchev–Trinajstić information content (AvgIpc) is 2.49. The molecule has 23 heavy (non-hydrogen) atoms. The molecule has 0 aromatic heterocycles. The summed E-state index contributed by atoms with van der Waals surface area (Å²) in [4.78, 5) is 24.0. The minimum atomic E-state index is -0.568. The number of ether oxygens (including phenoxy) is 1. The highest BCUT2D eigenvalue weighted by molar-refractivity contribution is 6.04. The maximum Gasteiger partial charge on any atom is 0.316 e. The lowest BCUT2D eigenvalue weighted by Crippen LogP contribution is -2.25. The number of hydrogen-bond donors (Lipinski definition) is 1. The van der Waals surface area contributed by atoms with E-state index in [-0.39, 0.29) is 11.9 Å². The summed E-state index contributed by atoms with van der Waals surface area (Å²) < 4.78 is 5.27. The van der Waals surface area contributed by atoms with Gasteiger partial charge in [-0.2, -0.15) is 0 Å². The number of carbonyl (C=O) groups is 2. The summed E-state index contributed by atoms with van der Waals surface area (Å²) in [6.07, 6.45) is 0. The molecule has 0 fully saturated rings. The third kappa shape index (κ3) is 4.68. The van der Waals surface area contributed by atoms with Gasteiger partial charge in [0, 0.05) is 11.3 Å². The molecule has 0 unspecified atom stereocenters. The van der Waals surface area contributed by atoms with Crippen LogP contribution in [0.15, 0.2) is 48.5 Å². The van der Waals surface area contributed by atoms with E-state index in [2.05, 4.69) is 5.32 Å². The highest BCUT2D eigenvalue weighted by Gasteiger charge is 2.23. The Morgan fingerprint density at radius 3 is 2.00 bits per heavy atom. The topological polar surface area (TPSA) is 55.4 Å². The summed E-state index contributed by atoms with van der Waals surface area (Å²) >= 11 is 0. The fraction of sp³-hybridized carbons (Fsp3) is 0.263. The van der Waals surface area contributed by atoms with E-state index >= 15 is 0 Å². The molecule has 2 aromatic carbocycles.